The summed E-state index contributed by atoms with van der Waals surface area (Å²) in [4.78, 5) is 13.0. The highest BCUT2D eigenvalue weighted by atomic mass is 16.4. The zero-order chi connectivity index (χ0) is 7.84. The number of phenolic OH excluding ortho intramolecular Hbond substituents is 1. The number of oxazole rings is 1. The van der Waals surface area contributed by atoms with E-state index in [4.69, 9.17) is 9.52 Å². The fourth-order valence-electron chi connectivity index (χ4n) is 0.940. The summed E-state index contributed by atoms with van der Waals surface area (Å²) in [5.41, 5.74) is 0.961. The van der Waals surface area contributed by atoms with Gasteiger partial charge in [-0.15, -0.1) is 0 Å². The van der Waals surface area contributed by atoms with E-state index in [0.717, 1.165) is 0 Å². The molecule has 2 aromatic rings. The minimum atomic E-state index is -0.509. The van der Waals surface area contributed by atoms with Gasteiger partial charge in [0.15, 0.2) is 5.58 Å². The maximum atomic E-state index is 10.6. The minimum Gasteiger partial charge on any atom is -0.508 e. The number of aromatic amines is 1. The molecule has 0 atom stereocenters. The van der Waals surface area contributed by atoms with Crippen LogP contribution in [0.5, 0.6) is 5.75 Å². The summed E-state index contributed by atoms with van der Waals surface area (Å²) in [7, 11) is 0. The molecule has 0 bridgehead atoms. The van der Waals surface area contributed by atoms with E-state index in [-0.39, 0.29) is 5.75 Å². The highest BCUT2D eigenvalue weighted by Crippen LogP contribution is 2.15. The Bertz CT molecular complexity index is 440. The molecule has 0 aliphatic rings. The van der Waals surface area contributed by atoms with Crippen molar-refractivity contribution >= 4 is 11.1 Å². The summed E-state index contributed by atoms with van der Waals surface area (Å²) in [5.74, 6) is -0.403. The summed E-state index contributed by atoms with van der Waals surface area (Å²) in [6.45, 7) is 0. The lowest BCUT2D eigenvalue weighted by Gasteiger charge is -1.87. The number of hydrogen-bond acceptors (Lipinski definition) is 3. The maximum Gasteiger partial charge on any atom is 0.417 e. The molecule has 0 aliphatic carbocycles. The van der Waals surface area contributed by atoms with E-state index in [1.807, 2.05) is 0 Å². The second-order valence-electron chi connectivity index (χ2n) is 2.19. The Morgan fingerprint density at radius 3 is 3.09 bits per heavy atom. The average Bonchev–Trinajstić information content (AvgIpc) is 2.27. The first-order valence-corrected chi connectivity index (χ1v) is 3.07. The van der Waals surface area contributed by atoms with Crippen molar-refractivity contribution in [1.82, 2.24) is 4.98 Å². The Morgan fingerprint density at radius 1 is 1.45 bits per heavy atom. The molecule has 0 fully saturated rings. The van der Waals surface area contributed by atoms with E-state index in [9.17, 15) is 4.79 Å². The van der Waals surface area contributed by atoms with Gasteiger partial charge >= 0.3 is 5.76 Å². The molecule has 1 aromatic carbocycles. The van der Waals surface area contributed by atoms with Crippen molar-refractivity contribution in [2.45, 2.75) is 0 Å². The normalized spacial score (nSPS) is 10.5. The van der Waals surface area contributed by atoms with Crippen LogP contribution < -0.4 is 5.76 Å². The molecular formula is C7H5NO3. The van der Waals surface area contributed by atoms with Crippen LogP contribution in [0.25, 0.3) is 11.1 Å². The Labute approximate surface area is 61.1 Å². The van der Waals surface area contributed by atoms with E-state index >= 15 is 0 Å². The van der Waals surface area contributed by atoms with Gasteiger partial charge in [-0.25, -0.2) is 4.79 Å². The molecule has 0 radical (unpaired) electrons. The Morgan fingerprint density at radius 2 is 2.27 bits per heavy atom. The number of aromatic hydroxyl groups is 1. The third-order valence-corrected chi connectivity index (χ3v) is 1.40. The predicted octanol–water partition coefficient (Wildman–Crippen LogP) is 0.827. The van der Waals surface area contributed by atoms with Gasteiger partial charge in [0.05, 0.1) is 5.52 Å². The Hall–Kier alpha value is -1.71. The molecule has 1 heterocycles. The molecule has 4 nitrogen and oxygen atoms in total. The van der Waals surface area contributed by atoms with Crippen molar-refractivity contribution < 1.29 is 9.52 Å². The SMILES string of the molecule is O=c1[nH]c2cc(O)ccc2o1. The van der Waals surface area contributed by atoms with Gasteiger partial charge in [-0.3, -0.25) is 4.98 Å². The Balaban J connectivity index is 2.92. The third-order valence-electron chi connectivity index (χ3n) is 1.40. The fraction of sp³-hybridized carbons (Fsp3) is 0. The number of aromatic nitrogens is 1. The summed E-state index contributed by atoms with van der Waals surface area (Å²) in [6, 6.07) is 4.42. The van der Waals surface area contributed by atoms with Crippen LogP contribution in [0.15, 0.2) is 27.4 Å². The maximum absolute atomic E-state index is 10.6. The first-order chi connectivity index (χ1) is 5.25. The van der Waals surface area contributed by atoms with Crippen molar-refractivity contribution in [3.8, 4) is 5.75 Å². The molecule has 0 unspecified atom stereocenters. The lowest BCUT2D eigenvalue weighted by Crippen LogP contribution is -1.92. The summed E-state index contributed by atoms with van der Waals surface area (Å²) >= 11 is 0. The van der Waals surface area contributed by atoms with E-state index in [2.05, 4.69) is 4.98 Å². The second-order valence-corrected chi connectivity index (χ2v) is 2.19. The van der Waals surface area contributed by atoms with Crippen LogP contribution in [0.4, 0.5) is 0 Å². The van der Waals surface area contributed by atoms with Crippen LogP contribution >= 0.6 is 0 Å². The van der Waals surface area contributed by atoms with Crippen LogP contribution in [0, 0.1) is 0 Å². The molecule has 0 saturated heterocycles. The summed E-state index contributed by atoms with van der Waals surface area (Å²) in [6.07, 6.45) is 0. The van der Waals surface area contributed by atoms with Gasteiger partial charge in [0.2, 0.25) is 0 Å². The van der Waals surface area contributed by atoms with Crippen molar-refractivity contribution in [2.75, 3.05) is 0 Å². The topological polar surface area (TPSA) is 66.2 Å². The molecule has 0 aliphatic heterocycles. The fourth-order valence-corrected chi connectivity index (χ4v) is 0.940. The zero-order valence-electron chi connectivity index (χ0n) is 5.50. The van der Waals surface area contributed by atoms with Gasteiger partial charge < -0.3 is 9.52 Å². The van der Waals surface area contributed by atoms with Crippen LogP contribution in [0.2, 0.25) is 0 Å². The van der Waals surface area contributed by atoms with Crippen LogP contribution in [0.3, 0.4) is 0 Å². The Kier molecular flexibility index (Phi) is 1.03. The molecule has 56 valence electrons. The van der Waals surface area contributed by atoms with Crippen LogP contribution in [-0.2, 0) is 0 Å². The molecule has 4 heteroatoms. The van der Waals surface area contributed by atoms with Crippen LogP contribution in [0.1, 0.15) is 0 Å². The second kappa shape index (κ2) is 1.88. The standard InChI is InChI=1S/C7H5NO3/c9-4-1-2-6-5(3-4)8-7(10)11-6/h1-3,9H,(H,8,10). The van der Waals surface area contributed by atoms with Crippen molar-refractivity contribution in [1.29, 1.82) is 0 Å². The number of benzene rings is 1. The van der Waals surface area contributed by atoms with Gasteiger partial charge in [-0.2, -0.15) is 0 Å². The molecule has 0 spiro atoms. The highest BCUT2D eigenvalue weighted by Gasteiger charge is 1.99. The molecule has 2 rings (SSSR count). The lowest BCUT2D eigenvalue weighted by atomic mass is 10.3. The van der Waals surface area contributed by atoms with Gasteiger partial charge in [0.1, 0.15) is 5.75 Å². The van der Waals surface area contributed by atoms with Crippen molar-refractivity contribution in [3.63, 3.8) is 0 Å². The lowest BCUT2D eigenvalue weighted by molar-refractivity contribution is 0.475. The number of rotatable bonds is 0. The number of hydrogen-bond donors (Lipinski definition) is 2. The van der Waals surface area contributed by atoms with E-state index in [1.165, 1.54) is 18.2 Å². The van der Waals surface area contributed by atoms with Gasteiger partial charge in [-0.05, 0) is 12.1 Å². The van der Waals surface area contributed by atoms with Gasteiger partial charge in [0.25, 0.3) is 0 Å². The number of H-pyrrole nitrogens is 1. The number of phenols is 1. The van der Waals surface area contributed by atoms with Crippen molar-refractivity contribution in [3.05, 3.63) is 28.7 Å². The van der Waals surface area contributed by atoms with Crippen molar-refractivity contribution in [2.24, 2.45) is 0 Å². The largest absolute Gasteiger partial charge is 0.508 e. The first-order valence-electron chi connectivity index (χ1n) is 3.07. The summed E-state index contributed by atoms with van der Waals surface area (Å²) < 4.78 is 4.70. The number of nitrogens with one attached hydrogen (secondary N) is 1. The zero-order valence-corrected chi connectivity index (χ0v) is 5.50. The first kappa shape index (κ1) is 6.03. The molecule has 0 saturated carbocycles. The monoisotopic (exact) mass is 151 g/mol. The molecule has 11 heavy (non-hydrogen) atoms. The van der Waals surface area contributed by atoms with E-state index in [1.54, 1.807) is 0 Å². The predicted molar refractivity (Wildman–Crippen MR) is 38.5 cm³/mol. The molecule has 0 amide bonds. The molecule has 1 aromatic heterocycles. The quantitative estimate of drug-likeness (QED) is 0.585. The van der Waals surface area contributed by atoms with Crippen LogP contribution in [-0.4, -0.2) is 10.1 Å². The van der Waals surface area contributed by atoms with E-state index in [0.29, 0.717) is 11.1 Å². The molecular weight excluding hydrogens is 146 g/mol. The van der Waals surface area contributed by atoms with Gasteiger partial charge in [0, 0.05) is 6.07 Å². The third kappa shape index (κ3) is 0.881. The number of fused-ring (bicyclic) bond motifs is 1. The molecule has 2 N–H and O–H groups in total. The average molecular weight is 151 g/mol. The van der Waals surface area contributed by atoms with Gasteiger partial charge in [-0.1, -0.05) is 0 Å². The smallest absolute Gasteiger partial charge is 0.417 e. The van der Waals surface area contributed by atoms with E-state index < -0.39 is 5.76 Å². The highest BCUT2D eigenvalue weighted by molar-refractivity contribution is 5.73. The minimum absolute atomic E-state index is 0.106. The summed E-state index contributed by atoms with van der Waals surface area (Å²) in [5, 5.41) is 8.98.